The molecule has 0 aliphatic carbocycles. The van der Waals surface area contributed by atoms with E-state index in [0.29, 0.717) is 45.7 Å². The van der Waals surface area contributed by atoms with E-state index in [9.17, 15) is 12.8 Å². The number of benzene rings is 1. The van der Waals surface area contributed by atoms with Crippen LogP contribution in [0, 0.1) is 5.82 Å². The Hall–Kier alpha value is -2.51. The van der Waals surface area contributed by atoms with E-state index in [0.717, 1.165) is 52.0 Å². The summed E-state index contributed by atoms with van der Waals surface area (Å²) in [5.74, 6) is 0.808. The molecule has 4 heterocycles. The normalized spacial score (nSPS) is 22.0. The van der Waals surface area contributed by atoms with Gasteiger partial charge in [-0.15, -0.1) is 8.80 Å². The highest BCUT2D eigenvalue weighted by atomic mass is 35.5. The number of hydrogen-bond donors (Lipinski definition) is 1. The Bertz CT molecular complexity index is 1450. The SMILES string of the molecule is CC[C@H]1CN(c2ncc(NC3=NS(=O)(=O)N=C3N(C)C)cc2Cl)CCN1C1CCN(Cc2ccc(Cl)cc2F)CC1. The van der Waals surface area contributed by atoms with Crippen molar-refractivity contribution in [1.82, 2.24) is 19.7 Å². The molecule has 5 rings (SSSR count). The van der Waals surface area contributed by atoms with Crippen LogP contribution in [0.15, 0.2) is 39.3 Å². The first-order chi connectivity index (χ1) is 19.5. The smallest absolute Gasteiger partial charge is 0.359 e. The van der Waals surface area contributed by atoms with Crippen molar-refractivity contribution in [3.05, 3.63) is 51.9 Å². The summed E-state index contributed by atoms with van der Waals surface area (Å²) in [7, 11) is -0.516. The maximum atomic E-state index is 14.3. The van der Waals surface area contributed by atoms with Gasteiger partial charge in [-0.05, 0) is 50.6 Å². The Labute approximate surface area is 251 Å². The van der Waals surface area contributed by atoms with Gasteiger partial charge in [-0.3, -0.25) is 9.80 Å². The summed E-state index contributed by atoms with van der Waals surface area (Å²) in [4.78, 5) is 13.4. The molecule has 1 atom stereocenters. The van der Waals surface area contributed by atoms with Gasteiger partial charge < -0.3 is 15.1 Å². The summed E-state index contributed by atoms with van der Waals surface area (Å²) >= 11 is 12.6. The second-order valence-corrected chi connectivity index (χ2v) is 12.9. The Morgan fingerprint density at radius 3 is 2.51 bits per heavy atom. The molecule has 0 saturated carbocycles. The molecule has 222 valence electrons. The van der Waals surface area contributed by atoms with Gasteiger partial charge in [0.2, 0.25) is 0 Å². The molecule has 3 aliphatic heterocycles. The molecule has 2 aromatic rings. The first-order valence-corrected chi connectivity index (χ1v) is 15.9. The van der Waals surface area contributed by atoms with E-state index in [1.54, 1.807) is 43.4 Å². The summed E-state index contributed by atoms with van der Waals surface area (Å²) in [5.41, 5.74) is 1.21. The van der Waals surface area contributed by atoms with Crippen LogP contribution in [0.3, 0.4) is 0 Å². The number of amidine groups is 2. The van der Waals surface area contributed by atoms with Crippen molar-refractivity contribution in [2.75, 3.05) is 57.0 Å². The number of halogens is 3. The highest BCUT2D eigenvalue weighted by Crippen LogP contribution is 2.31. The molecule has 1 aromatic heterocycles. The zero-order valence-electron chi connectivity index (χ0n) is 23.4. The van der Waals surface area contributed by atoms with Crippen molar-refractivity contribution < 1.29 is 12.8 Å². The van der Waals surface area contributed by atoms with Crippen LogP contribution in [0.25, 0.3) is 0 Å². The number of aromatic nitrogens is 1. The van der Waals surface area contributed by atoms with Crippen molar-refractivity contribution in [3.63, 3.8) is 0 Å². The number of nitrogens with zero attached hydrogens (tertiary/aromatic N) is 7. The van der Waals surface area contributed by atoms with E-state index in [-0.39, 0.29) is 17.5 Å². The van der Waals surface area contributed by atoms with E-state index in [1.807, 2.05) is 0 Å². The molecule has 10 nitrogen and oxygen atoms in total. The van der Waals surface area contributed by atoms with Gasteiger partial charge in [-0.1, -0.05) is 36.2 Å². The number of hydrogen-bond acceptors (Lipinski definition) is 8. The van der Waals surface area contributed by atoms with Crippen LogP contribution in [-0.2, 0) is 16.8 Å². The average molecular weight is 626 g/mol. The zero-order chi connectivity index (χ0) is 29.3. The third-order valence-corrected chi connectivity index (χ3v) is 9.19. The lowest BCUT2D eigenvalue weighted by Crippen LogP contribution is -2.58. The molecule has 0 spiro atoms. The number of rotatable bonds is 6. The molecule has 2 saturated heterocycles. The first kappa shape index (κ1) is 30.0. The van der Waals surface area contributed by atoms with Gasteiger partial charge in [0.25, 0.3) is 0 Å². The number of likely N-dealkylation sites (N-methyl/N-ethyl adjacent to an activating group) is 1. The van der Waals surface area contributed by atoms with Gasteiger partial charge in [0, 0.05) is 62.9 Å². The molecular formula is C27H35Cl2FN8O2S. The standard InChI is InChI=1S/C27H35Cl2FN8O2S/c1-4-21-17-37(26-23(29)14-20(15-31-26)32-25-27(35(2)3)34-41(39,40)33-25)11-12-38(21)22-7-9-36(10-8-22)16-18-5-6-19(28)13-24(18)30/h5-6,13-15,21-22H,4,7-12,16-17H2,1-3H3,(H,32,33)/t21-/m0/s1. The summed E-state index contributed by atoms with van der Waals surface area (Å²) < 4.78 is 45.4. The Morgan fingerprint density at radius 2 is 1.85 bits per heavy atom. The van der Waals surface area contributed by atoms with Gasteiger partial charge in [0.15, 0.2) is 11.7 Å². The largest absolute Gasteiger partial charge is 0.367 e. The fraction of sp³-hybridized carbons (Fsp3) is 0.519. The Balaban J connectivity index is 1.18. The van der Waals surface area contributed by atoms with E-state index in [4.69, 9.17) is 23.2 Å². The van der Waals surface area contributed by atoms with Gasteiger partial charge in [-0.2, -0.15) is 8.42 Å². The predicted molar refractivity (Wildman–Crippen MR) is 163 cm³/mol. The molecule has 14 heteroatoms. The third-order valence-electron chi connectivity index (χ3n) is 7.86. The first-order valence-electron chi connectivity index (χ1n) is 13.7. The summed E-state index contributed by atoms with van der Waals surface area (Å²) in [5, 5.41) is 3.89. The fourth-order valence-corrected chi connectivity index (χ4v) is 7.09. The molecular weight excluding hydrogens is 590 g/mol. The summed E-state index contributed by atoms with van der Waals surface area (Å²) in [6, 6.07) is 7.49. The summed E-state index contributed by atoms with van der Waals surface area (Å²) in [6.45, 7) is 7.19. The third kappa shape index (κ3) is 6.94. The van der Waals surface area contributed by atoms with Crippen LogP contribution in [-0.4, -0.2) is 98.7 Å². The van der Waals surface area contributed by atoms with Crippen molar-refractivity contribution in [2.45, 2.75) is 44.8 Å². The van der Waals surface area contributed by atoms with E-state index < -0.39 is 10.2 Å². The predicted octanol–water partition coefficient (Wildman–Crippen LogP) is 4.12. The quantitative estimate of drug-likeness (QED) is 0.513. The van der Waals surface area contributed by atoms with Crippen LogP contribution in [0.4, 0.5) is 15.9 Å². The molecule has 41 heavy (non-hydrogen) atoms. The topological polar surface area (TPSA) is 96.7 Å². The molecule has 0 radical (unpaired) electrons. The second kappa shape index (κ2) is 12.4. The molecule has 1 N–H and O–H groups in total. The lowest BCUT2D eigenvalue weighted by molar-refractivity contribution is 0.0607. The van der Waals surface area contributed by atoms with Gasteiger partial charge in [-0.25, -0.2) is 9.37 Å². The van der Waals surface area contributed by atoms with E-state index >= 15 is 0 Å². The number of anilines is 2. The Kier molecular flexibility index (Phi) is 9.05. The average Bonchev–Trinajstić information content (AvgIpc) is 3.24. The van der Waals surface area contributed by atoms with E-state index in [1.165, 1.54) is 6.07 Å². The minimum absolute atomic E-state index is 0.129. The molecule has 0 unspecified atom stereocenters. The monoisotopic (exact) mass is 624 g/mol. The van der Waals surface area contributed by atoms with Crippen LogP contribution < -0.4 is 10.2 Å². The highest BCUT2D eigenvalue weighted by Gasteiger charge is 2.34. The maximum absolute atomic E-state index is 14.3. The number of piperazine rings is 1. The minimum Gasteiger partial charge on any atom is -0.359 e. The van der Waals surface area contributed by atoms with Crippen molar-refractivity contribution >= 4 is 56.6 Å². The van der Waals surface area contributed by atoms with Crippen LogP contribution in [0.1, 0.15) is 31.7 Å². The molecule has 2 fully saturated rings. The van der Waals surface area contributed by atoms with Crippen molar-refractivity contribution in [2.24, 2.45) is 8.80 Å². The zero-order valence-corrected chi connectivity index (χ0v) is 25.7. The number of nitrogens with one attached hydrogen (secondary N) is 1. The fourth-order valence-electron chi connectivity index (χ4n) is 5.78. The number of pyridine rings is 1. The maximum Gasteiger partial charge on any atom is 0.367 e. The van der Waals surface area contributed by atoms with E-state index in [2.05, 4.69) is 40.7 Å². The second-order valence-electron chi connectivity index (χ2n) is 10.8. The van der Waals surface area contributed by atoms with Gasteiger partial charge in [0.05, 0.1) is 16.9 Å². The molecule has 1 aromatic carbocycles. The van der Waals surface area contributed by atoms with Gasteiger partial charge >= 0.3 is 10.2 Å². The van der Waals surface area contributed by atoms with Crippen molar-refractivity contribution in [3.8, 4) is 0 Å². The van der Waals surface area contributed by atoms with Crippen LogP contribution >= 0.6 is 23.2 Å². The number of piperidine rings is 1. The van der Waals surface area contributed by atoms with Gasteiger partial charge in [0.1, 0.15) is 11.6 Å². The number of likely N-dealkylation sites (tertiary alicyclic amines) is 1. The van der Waals surface area contributed by atoms with Crippen LogP contribution in [0.2, 0.25) is 10.0 Å². The lowest BCUT2D eigenvalue weighted by atomic mass is 9.97. The lowest BCUT2D eigenvalue weighted by Gasteiger charge is -2.47. The highest BCUT2D eigenvalue weighted by molar-refractivity contribution is 7.89. The summed E-state index contributed by atoms with van der Waals surface area (Å²) in [6.07, 6.45) is 4.73. The minimum atomic E-state index is -3.91. The molecule has 0 bridgehead atoms. The molecule has 3 aliphatic rings. The van der Waals surface area contributed by atoms with Crippen LogP contribution in [0.5, 0.6) is 0 Å². The van der Waals surface area contributed by atoms with Crippen molar-refractivity contribution in [1.29, 1.82) is 0 Å². The Morgan fingerprint density at radius 1 is 1.10 bits per heavy atom. The molecule has 0 amide bonds.